The molecule has 1 heterocycles. The molecule has 0 aliphatic rings. The minimum absolute atomic E-state index is 0.239. The Labute approximate surface area is 161 Å². The Kier molecular flexibility index (Phi) is 5.10. The van der Waals surface area contributed by atoms with Crippen LogP contribution in [-0.2, 0) is 6.54 Å². The Morgan fingerprint density at radius 1 is 1.15 bits per heavy atom. The lowest BCUT2D eigenvalue weighted by atomic mass is 9.91. The number of rotatable bonds is 5. The molecule has 0 aliphatic carbocycles. The Morgan fingerprint density at radius 3 is 2.48 bits per heavy atom. The minimum Gasteiger partial charge on any atom is -0.385 e. The Bertz CT molecular complexity index is 1010. The molecule has 2 aromatic carbocycles. The molecule has 0 atom stereocenters. The molecule has 2 N–H and O–H groups in total. The number of nitriles is 1. The highest BCUT2D eigenvalue weighted by atomic mass is 14.9. The largest absolute Gasteiger partial charge is 0.385 e. The molecule has 3 rings (SSSR count). The third kappa shape index (κ3) is 4.23. The highest BCUT2D eigenvalue weighted by molar-refractivity contribution is 5.99. The summed E-state index contributed by atoms with van der Waals surface area (Å²) >= 11 is 0. The Balaban J connectivity index is 1.80. The van der Waals surface area contributed by atoms with Gasteiger partial charge in [0.2, 0.25) is 0 Å². The van der Waals surface area contributed by atoms with Gasteiger partial charge in [-0.25, -0.2) is 0 Å². The van der Waals surface area contributed by atoms with E-state index in [-0.39, 0.29) is 5.41 Å². The number of aromatic nitrogens is 1. The van der Waals surface area contributed by atoms with Crippen LogP contribution in [0, 0.1) is 23.7 Å². The molecule has 0 saturated heterocycles. The normalized spacial score (nSPS) is 11.4. The molecule has 0 amide bonds. The second-order valence-corrected chi connectivity index (χ2v) is 8.39. The fraction of sp³-hybridized carbons (Fsp3) is 0.292. The molecule has 0 saturated carbocycles. The molecule has 0 bridgehead atoms. The molecule has 0 aliphatic heterocycles. The first-order chi connectivity index (χ1) is 12.8. The minimum atomic E-state index is 0.239. The number of hydrogen-bond acceptors (Lipinski definition) is 2. The SMILES string of the molecule is C=C(CC(C)(C)C)NCc1ccc(-c2ccc(C)c3c(C#N)c[nH]c23)cc1. The number of fused-ring (bicyclic) bond motifs is 1. The van der Waals surface area contributed by atoms with Gasteiger partial charge in [-0.3, -0.25) is 0 Å². The van der Waals surface area contributed by atoms with E-state index in [1.807, 2.05) is 6.92 Å². The summed E-state index contributed by atoms with van der Waals surface area (Å²) in [5.41, 5.74) is 7.63. The Morgan fingerprint density at radius 2 is 1.85 bits per heavy atom. The van der Waals surface area contributed by atoms with Gasteiger partial charge in [0.05, 0.1) is 11.1 Å². The van der Waals surface area contributed by atoms with Crippen molar-refractivity contribution in [2.45, 2.75) is 40.7 Å². The number of benzene rings is 2. The third-order valence-electron chi connectivity index (χ3n) is 4.72. The van der Waals surface area contributed by atoms with Crippen LogP contribution >= 0.6 is 0 Å². The molecular formula is C24H27N3. The lowest BCUT2D eigenvalue weighted by molar-refractivity contribution is 0.398. The van der Waals surface area contributed by atoms with E-state index in [2.05, 4.69) is 80.1 Å². The zero-order valence-electron chi connectivity index (χ0n) is 16.6. The van der Waals surface area contributed by atoms with Crippen LogP contribution in [0.3, 0.4) is 0 Å². The first-order valence-corrected chi connectivity index (χ1v) is 9.30. The predicted molar refractivity (Wildman–Crippen MR) is 113 cm³/mol. The fourth-order valence-electron chi connectivity index (χ4n) is 3.48. The van der Waals surface area contributed by atoms with E-state index in [0.717, 1.165) is 46.3 Å². The lowest BCUT2D eigenvalue weighted by Gasteiger charge is -2.20. The van der Waals surface area contributed by atoms with Crippen LogP contribution in [0.15, 0.2) is 54.9 Å². The Hall–Kier alpha value is -2.99. The molecule has 0 unspecified atom stereocenters. The molecule has 3 aromatic rings. The summed E-state index contributed by atoms with van der Waals surface area (Å²) in [5, 5.41) is 13.8. The van der Waals surface area contributed by atoms with Crippen molar-refractivity contribution in [1.29, 1.82) is 5.26 Å². The van der Waals surface area contributed by atoms with E-state index in [1.165, 1.54) is 5.56 Å². The van der Waals surface area contributed by atoms with Crippen LogP contribution in [0.4, 0.5) is 0 Å². The van der Waals surface area contributed by atoms with Gasteiger partial charge >= 0.3 is 0 Å². The summed E-state index contributed by atoms with van der Waals surface area (Å²) in [5.74, 6) is 0. The van der Waals surface area contributed by atoms with Crippen LogP contribution in [0.1, 0.15) is 43.9 Å². The quantitative estimate of drug-likeness (QED) is 0.583. The first-order valence-electron chi connectivity index (χ1n) is 9.30. The number of nitrogens with zero attached hydrogens (tertiary/aromatic N) is 1. The van der Waals surface area contributed by atoms with Gasteiger partial charge in [-0.1, -0.05) is 63.7 Å². The summed E-state index contributed by atoms with van der Waals surface area (Å²) in [6.45, 7) is 13.6. The number of hydrogen-bond donors (Lipinski definition) is 2. The number of nitrogens with one attached hydrogen (secondary N) is 2. The van der Waals surface area contributed by atoms with E-state index in [9.17, 15) is 5.26 Å². The maximum Gasteiger partial charge on any atom is 0.101 e. The van der Waals surface area contributed by atoms with Crippen LogP contribution in [0.5, 0.6) is 0 Å². The average molecular weight is 358 g/mol. The van der Waals surface area contributed by atoms with E-state index in [0.29, 0.717) is 5.56 Å². The standard InChI is InChI=1S/C24H27N3/c1-16-6-11-21(23-22(16)20(13-25)15-27-23)19-9-7-18(8-10-19)14-26-17(2)12-24(3,4)5/h6-11,15,26-27H,2,12,14H2,1,3-5H3. The highest BCUT2D eigenvalue weighted by Gasteiger charge is 2.13. The van der Waals surface area contributed by atoms with Crippen molar-refractivity contribution in [3.63, 3.8) is 0 Å². The molecule has 0 fully saturated rings. The maximum absolute atomic E-state index is 9.34. The molecule has 3 heteroatoms. The van der Waals surface area contributed by atoms with E-state index in [1.54, 1.807) is 6.20 Å². The van der Waals surface area contributed by atoms with Gasteiger partial charge in [0, 0.05) is 29.4 Å². The molecule has 0 radical (unpaired) electrons. The summed E-state index contributed by atoms with van der Waals surface area (Å²) < 4.78 is 0. The zero-order valence-corrected chi connectivity index (χ0v) is 16.6. The molecule has 138 valence electrons. The average Bonchev–Trinajstić information content (AvgIpc) is 3.04. The topological polar surface area (TPSA) is 51.6 Å². The first kappa shape index (κ1) is 18.8. The second kappa shape index (κ2) is 7.32. The van der Waals surface area contributed by atoms with Crippen molar-refractivity contribution in [2.24, 2.45) is 5.41 Å². The fourth-order valence-corrected chi connectivity index (χ4v) is 3.48. The zero-order chi connectivity index (χ0) is 19.6. The number of aromatic amines is 1. The molecule has 27 heavy (non-hydrogen) atoms. The molecular weight excluding hydrogens is 330 g/mol. The van der Waals surface area contributed by atoms with Crippen molar-refractivity contribution in [2.75, 3.05) is 0 Å². The van der Waals surface area contributed by atoms with E-state index >= 15 is 0 Å². The summed E-state index contributed by atoms with van der Waals surface area (Å²) in [6, 6.07) is 15.0. The summed E-state index contributed by atoms with van der Waals surface area (Å²) in [6.07, 6.45) is 2.75. The molecule has 1 aromatic heterocycles. The monoisotopic (exact) mass is 357 g/mol. The molecule has 3 nitrogen and oxygen atoms in total. The maximum atomic E-state index is 9.34. The van der Waals surface area contributed by atoms with Crippen molar-refractivity contribution < 1.29 is 0 Å². The predicted octanol–water partition coefficient (Wildman–Crippen LogP) is 6.05. The second-order valence-electron chi connectivity index (χ2n) is 8.39. The van der Waals surface area contributed by atoms with Gasteiger partial charge in [-0.05, 0) is 35.4 Å². The van der Waals surface area contributed by atoms with Crippen LogP contribution in [-0.4, -0.2) is 4.98 Å². The van der Waals surface area contributed by atoms with Crippen LogP contribution in [0.2, 0.25) is 0 Å². The van der Waals surface area contributed by atoms with Crippen molar-refractivity contribution in [1.82, 2.24) is 10.3 Å². The highest BCUT2D eigenvalue weighted by Crippen LogP contribution is 2.32. The van der Waals surface area contributed by atoms with Crippen molar-refractivity contribution >= 4 is 10.9 Å². The van der Waals surface area contributed by atoms with Gasteiger partial charge < -0.3 is 10.3 Å². The van der Waals surface area contributed by atoms with E-state index < -0.39 is 0 Å². The van der Waals surface area contributed by atoms with Crippen molar-refractivity contribution in [3.05, 3.63) is 71.6 Å². The molecule has 0 spiro atoms. The van der Waals surface area contributed by atoms with Gasteiger partial charge in [0.15, 0.2) is 0 Å². The van der Waals surface area contributed by atoms with Crippen molar-refractivity contribution in [3.8, 4) is 17.2 Å². The van der Waals surface area contributed by atoms with Gasteiger partial charge in [-0.2, -0.15) is 5.26 Å². The number of allylic oxidation sites excluding steroid dienone is 1. The van der Waals surface area contributed by atoms with Crippen LogP contribution < -0.4 is 5.32 Å². The summed E-state index contributed by atoms with van der Waals surface area (Å²) in [4.78, 5) is 3.28. The third-order valence-corrected chi connectivity index (χ3v) is 4.72. The number of aryl methyl sites for hydroxylation is 1. The number of H-pyrrole nitrogens is 1. The van der Waals surface area contributed by atoms with Crippen LogP contribution in [0.25, 0.3) is 22.0 Å². The van der Waals surface area contributed by atoms with E-state index in [4.69, 9.17) is 0 Å². The smallest absolute Gasteiger partial charge is 0.101 e. The summed E-state index contributed by atoms with van der Waals surface area (Å²) in [7, 11) is 0. The van der Waals surface area contributed by atoms with Gasteiger partial charge in [-0.15, -0.1) is 0 Å². The van der Waals surface area contributed by atoms with Gasteiger partial charge in [0.25, 0.3) is 0 Å². The van der Waals surface area contributed by atoms with Gasteiger partial charge in [0.1, 0.15) is 6.07 Å². The lowest BCUT2D eigenvalue weighted by Crippen LogP contribution is -2.17.